The minimum atomic E-state index is -0.625. The smallest absolute Gasteiger partial charge is 0.412 e. The second-order valence-corrected chi connectivity index (χ2v) is 8.84. The van der Waals surface area contributed by atoms with Gasteiger partial charge in [0.25, 0.3) is 6.01 Å². The highest BCUT2D eigenvalue weighted by molar-refractivity contribution is 5.91. The van der Waals surface area contributed by atoms with Gasteiger partial charge in [-0.3, -0.25) is 9.88 Å². The summed E-state index contributed by atoms with van der Waals surface area (Å²) in [7, 11) is 0. The van der Waals surface area contributed by atoms with Crippen molar-refractivity contribution < 1.29 is 18.7 Å². The van der Waals surface area contributed by atoms with Gasteiger partial charge in [0.05, 0.1) is 30.2 Å². The van der Waals surface area contributed by atoms with E-state index in [2.05, 4.69) is 10.3 Å². The third-order valence-electron chi connectivity index (χ3n) is 5.18. The fraction of sp³-hybridized carbons (Fsp3) is 0.385. The Labute approximate surface area is 200 Å². The number of carbonyl (C=O) groups excluding carboxylic acids is 1. The maximum absolute atomic E-state index is 15.3. The fourth-order valence-corrected chi connectivity index (χ4v) is 3.70. The normalized spacial score (nSPS) is 11.4. The molecule has 34 heavy (non-hydrogen) atoms. The number of imidazole rings is 1. The third kappa shape index (κ3) is 5.94. The van der Waals surface area contributed by atoms with Crippen molar-refractivity contribution in [3.05, 3.63) is 65.2 Å². The van der Waals surface area contributed by atoms with Gasteiger partial charge in [0.2, 0.25) is 0 Å². The first-order chi connectivity index (χ1) is 16.2. The molecule has 3 N–H and O–H groups in total. The first kappa shape index (κ1) is 25.2. The van der Waals surface area contributed by atoms with Crippen molar-refractivity contribution >= 4 is 11.8 Å². The molecule has 0 fully saturated rings. The molecule has 8 heteroatoms. The van der Waals surface area contributed by atoms with Gasteiger partial charge in [-0.15, -0.1) is 0 Å². The molecule has 3 aromatic rings. The summed E-state index contributed by atoms with van der Waals surface area (Å²) < 4.78 is 28.1. The van der Waals surface area contributed by atoms with E-state index in [-0.39, 0.29) is 18.9 Å². The first-order valence-corrected chi connectivity index (χ1v) is 11.5. The van der Waals surface area contributed by atoms with Gasteiger partial charge < -0.3 is 15.2 Å². The molecule has 0 bridgehead atoms. The molecule has 0 saturated carbocycles. The van der Waals surface area contributed by atoms with Crippen molar-refractivity contribution in [2.24, 2.45) is 5.73 Å². The summed E-state index contributed by atoms with van der Waals surface area (Å²) in [5.41, 5.74) is 9.37. The predicted octanol–water partition coefficient (Wildman–Crippen LogP) is 5.50. The van der Waals surface area contributed by atoms with Gasteiger partial charge in [0, 0.05) is 17.7 Å². The number of aryl methyl sites for hydroxylation is 1. The minimum absolute atomic E-state index is 0.249. The molecule has 0 unspecified atom stereocenters. The Kier molecular flexibility index (Phi) is 7.94. The van der Waals surface area contributed by atoms with Gasteiger partial charge in [-0.1, -0.05) is 37.3 Å². The second kappa shape index (κ2) is 10.7. The van der Waals surface area contributed by atoms with Crippen LogP contribution in [0.1, 0.15) is 51.6 Å². The van der Waals surface area contributed by atoms with Crippen molar-refractivity contribution in [2.75, 3.05) is 11.9 Å². The Balaban J connectivity index is 1.91. The Morgan fingerprint density at radius 3 is 2.53 bits per heavy atom. The number of benzene rings is 2. The maximum Gasteiger partial charge on any atom is 0.412 e. The van der Waals surface area contributed by atoms with E-state index < -0.39 is 11.7 Å². The van der Waals surface area contributed by atoms with Gasteiger partial charge >= 0.3 is 6.09 Å². The number of rotatable bonds is 8. The number of nitrogens with two attached hydrogens (primary N) is 1. The number of hydrogen-bond donors (Lipinski definition) is 2. The van der Waals surface area contributed by atoms with Crippen LogP contribution < -0.4 is 15.8 Å². The van der Waals surface area contributed by atoms with Crippen LogP contribution in [0.2, 0.25) is 0 Å². The molecule has 182 valence electrons. The molecule has 3 rings (SSSR count). The van der Waals surface area contributed by atoms with Gasteiger partial charge in [-0.25, -0.2) is 9.18 Å². The van der Waals surface area contributed by atoms with Gasteiger partial charge in [-0.05, 0) is 51.8 Å². The summed E-state index contributed by atoms with van der Waals surface area (Å²) in [5.74, 6) is -0.373. The number of carbonyl (C=O) groups is 1. The van der Waals surface area contributed by atoms with Crippen LogP contribution in [0, 0.1) is 5.82 Å². The maximum atomic E-state index is 15.3. The first-order valence-electron chi connectivity index (χ1n) is 11.5. The monoisotopic (exact) mass is 468 g/mol. The van der Waals surface area contributed by atoms with Crippen LogP contribution >= 0.6 is 0 Å². The quantitative estimate of drug-likeness (QED) is 0.455. The zero-order valence-corrected chi connectivity index (χ0v) is 20.4. The van der Waals surface area contributed by atoms with Crippen LogP contribution in [0.4, 0.5) is 14.9 Å². The summed E-state index contributed by atoms with van der Waals surface area (Å²) in [6.07, 6.45) is 0.143. The SMILES string of the molecule is CCOc1nc(CC)c(CN)n1Cc1ccc(-c2ccccc2NC(=O)OC(C)(C)C)cc1F. The summed E-state index contributed by atoms with van der Waals surface area (Å²) in [5, 5.41) is 2.76. The predicted molar refractivity (Wildman–Crippen MR) is 131 cm³/mol. The van der Waals surface area contributed by atoms with Crippen molar-refractivity contribution in [3.63, 3.8) is 0 Å². The molecule has 0 spiro atoms. The van der Waals surface area contributed by atoms with Gasteiger partial charge in [0.1, 0.15) is 11.4 Å². The Hall–Kier alpha value is -3.39. The number of nitrogens with zero attached hydrogens (tertiary/aromatic N) is 2. The number of para-hydroxylation sites is 1. The van der Waals surface area contributed by atoms with E-state index in [1.54, 1.807) is 39.0 Å². The number of nitrogens with one attached hydrogen (secondary N) is 1. The van der Waals surface area contributed by atoms with Crippen LogP contribution in [-0.4, -0.2) is 27.9 Å². The highest BCUT2D eigenvalue weighted by Gasteiger charge is 2.19. The molecule has 0 aliphatic rings. The summed E-state index contributed by atoms with van der Waals surface area (Å²) >= 11 is 0. The molecule has 2 aromatic carbocycles. The lowest BCUT2D eigenvalue weighted by molar-refractivity contribution is 0.0636. The van der Waals surface area contributed by atoms with Crippen molar-refractivity contribution in [2.45, 2.75) is 59.7 Å². The highest BCUT2D eigenvalue weighted by Crippen LogP contribution is 2.30. The van der Waals surface area contributed by atoms with Crippen LogP contribution in [-0.2, 0) is 24.2 Å². The number of amides is 1. The standard InChI is InChI=1S/C26H33FN4O3/c1-6-21-23(15-28)31(24(29-21)33-7-2)16-18-13-12-17(14-20(18)27)19-10-8-9-11-22(19)30-25(32)34-26(3,4)5/h8-14H,6-7,15-16,28H2,1-5H3,(H,30,32). The zero-order chi connectivity index (χ0) is 24.9. The summed E-state index contributed by atoms with van der Waals surface area (Å²) in [4.78, 5) is 16.8. The van der Waals surface area contributed by atoms with Gasteiger partial charge in [0.15, 0.2) is 0 Å². The van der Waals surface area contributed by atoms with Gasteiger partial charge in [-0.2, -0.15) is 4.98 Å². The number of anilines is 1. The van der Waals surface area contributed by atoms with Crippen LogP contribution in [0.25, 0.3) is 11.1 Å². The zero-order valence-electron chi connectivity index (χ0n) is 20.4. The van der Waals surface area contributed by atoms with Crippen molar-refractivity contribution in [1.82, 2.24) is 9.55 Å². The molecule has 0 atom stereocenters. The molecule has 1 aromatic heterocycles. The van der Waals surface area contributed by atoms with E-state index in [0.717, 1.165) is 11.4 Å². The van der Waals surface area contributed by atoms with E-state index in [4.69, 9.17) is 15.2 Å². The molecule has 0 saturated heterocycles. The molecular weight excluding hydrogens is 435 g/mol. The summed E-state index contributed by atoms with van der Waals surface area (Å²) in [6, 6.07) is 12.7. The molecule has 7 nitrogen and oxygen atoms in total. The second-order valence-electron chi connectivity index (χ2n) is 8.84. The van der Waals surface area contributed by atoms with E-state index >= 15 is 4.39 Å². The molecular formula is C26H33FN4O3. The van der Waals surface area contributed by atoms with E-state index in [0.29, 0.717) is 41.4 Å². The number of hydrogen-bond acceptors (Lipinski definition) is 5. The number of ether oxygens (including phenoxy) is 2. The van der Waals surface area contributed by atoms with Crippen molar-refractivity contribution in [3.8, 4) is 17.1 Å². The molecule has 0 radical (unpaired) electrons. The van der Waals surface area contributed by atoms with Crippen LogP contribution in [0.3, 0.4) is 0 Å². The minimum Gasteiger partial charge on any atom is -0.465 e. The average Bonchev–Trinajstić information content (AvgIpc) is 3.10. The number of halogens is 1. The Morgan fingerprint density at radius 2 is 1.91 bits per heavy atom. The molecule has 1 heterocycles. The van der Waals surface area contributed by atoms with Crippen LogP contribution in [0.15, 0.2) is 42.5 Å². The fourth-order valence-electron chi connectivity index (χ4n) is 3.70. The molecule has 1 amide bonds. The lowest BCUT2D eigenvalue weighted by atomic mass is 10.0. The summed E-state index contributed by atoms with van der Waals surface area (Å²) in [6.45, 7) is 10.2. The lowest BCUT2D eigenvalue weighted by Gasteiger charge is -2.20. The molecule has 0 aliphatic carbocycles. The van der Waals surface area contributed by atoms with Crippen molar-refractivity contribution in [1.29, 1.82) is 0 Å². The highest BCUT2D eigenvalue weighted by atomic mass is 19.1. The third-order valence-corrected chi connectivity index (χ3v) is 5.18. The van der Waals surface area contributed by atoms with Crippen LogP contribution in [0.5, 0.6) is 6.01 Å². The van der Waals surface area contributed by atoms with E-state index in [1.165, 1.54) is 6.07 Å². The van der Waals surface area contributed by atoms with E-state index in [9.17, 15) is 4.79 Å². The lowest BCUT2D eigenvalue weighted by Crippen LogP contribution is -2.27. The molecule has 0 aliphatic heterocycles. The van der Waals surface area contributed by atoms with E-state index in [1.807, 2.05) is 36.6 Å². The topological polar surface area (TPSA) is 91.4 Å². The average molecular weight is 469 g/mol. The Morgan fingerprint density at radius 1 is 1.18 bits per heavy atom. The number of aromatic nitrogens is 2. The largest absolute Gasteiger partial charge is 0.465 e. The Bertz CT molecular complexity index is 1150.